The molecule has 5 nitrogen and oxygen atoms in total. The first-order chi connectivity index (χ1) is 11.2. The van der Waals surface area contributed by atoms with Crippen molar-refractivity contribution >= 4 is 35.6 Å². The molecule has 2 rings (SSSR count). The van der Waals surface area contributed by atoms with E-state index in [4.69, 9.17) is 15.2 Å². The second-order valence-electron chi connectivity index (χ2n) is 6.22. The number of anilines is 1. The highest BCUT2D eigenvalue weighted by molar-refractivity contribution is 14.0. The number of rotatable bonds is 6. The molecule has 24 heavy (non-hydrogen) atoms. The normalized spacial score (nSPS) is 20.9. The summed E-state index contributed by atoms with van der Waals surface area (Å²) in [7, 11) is 3.24. The number of aliphatic imine (C=N–C) groups is 1. The first kappa shape index (κ1) is 20.9. The Labute approximate surface area is 162 Å². The largest absolute Gasteiger partial charge is 0.493 e. The van der Waals surface area contributed by atoms with Gasteiger partial charge in [0.05, 0.1) is 14.2 Å². The summed E-state index contributed by atoms with van der Waals surface area (Å²) in [6.45, 7) is 3.09. The van der Waals surface area contributed by atoms with Crippen LogP contribution in [0.4, 0.5) is 5.69 Å². The van der Waals surface area contributed by atoms with Crippen molar-refractivity contribution in [3.63, 3.8) is 0 Å². The van der Waals surface area contributed by atoms with E-state index >= 15 is 0 Å². The van der Waals surface area contributed by atoms with E-state index in [0.29, 0.717) is 23.4 Å². The van der Waals surface area contributed by atoms with Crippen molar-refractivity contribution in [1.82, 2.24) is 0 Å². The Balaban J connectivity index is 0.00000288. The van der Waals surface area contributed by atoms with Crippen LogP contribution < -0.4 is 20.5 Å². The molecule has 136 valence electrons. The second-order valence-corrected chi connectivity index (χ2v) is 6.22. The number of ether oxygens (including phenoxy) is 2. The zero-order valence-electron chi connectivity index (χ0n) is 14.9. The molecule has 1 aromatic carbocycles. The third kappa shape index (κ3) is 6.03. The zero-order chi connectivity index (χ0) is 16.7. The van der Waals surface area contributed by atoms with Gasteiger partial charge in [0.15, 0.2) is 17.5 Å². The van der Waals surface area contributed by atoms with Gasteiger partial charge in [-0.05, 0) is 36.8 Å². The smallest absolute Gasteiger partial charge is 0.193 e. The summed E-state index contributed by atoms with van der Waals surface area (Å²) < 4.78 is 10.5. The minimum absolute atomic E-state index is 0. The third-order valence-electron chi connectivity index (χ3n) is 4.72. The maximum absolute atomic E-state index is 6.01. The molecule has 1 aromatic rings. The van der Waals surface area contributed by atoms with Crippen molar-refractivity contribution < 1.29 is 9.47 Å². The van der Waals surface area contributed by atoms with Gasteiger partial charge in [-0.3, -0.25) is 4.99 Å². The van der Waals surface area contributed by atoms with Gasteiger partial charge < -0.3 is 20.5 Å². The fourth-order valence-electron chi connectivity index (χ4n) is 3.15. The third-order valence-corrected chi connectivity index (χ3v) is 4.72. The number of guanidine groups is 1. The van der Waals surface area contributed by atoms with E-state index in [1.54, 1.807) is 14.2 Å². The lowest BCUT2D eigenvalue weighted by molar-refractivity contribution is 0.274. The summed E-state index contributed by atoms with van der Waals surface area (Å²) >= 11 is 0. The van der Waals surface area contributed by atoms with Crippen LogP contribution in [0.2, 0.25) is 0 Å². The van der Waals surface area contributed by atoms with Gasteiger partial charge in [-0.1, -0.05) is 26.2 Å². The van der Waals surface area contributed by atoms with E-state index in [9.17, 15) is 0 Å². The molecule has 1 saturated carbocycles. The molecular weight excluding hydrogens is 417 g/mol. The van der Waals surface area contributed by atoms with Crippen molar-refractivity contribution in [1.29, 1.82) is 0 Å². The van der Waals surface area contributed by atoms with Crippen molar-refractivity contribution in [2.75, 3.05) is 26.1 Å². The summed E-state index contributed by atoms with van der Waals surface area (Å²) in [5.41, 5.74) is 6.85. The Bertz CT molecular complexity index is 529. The molecule has 0 unspecified atom stereocenters. The number of methoxy groups -OCH3 is 2. The summed E-state index contributed by atoms with van der Waals surface area (Å²) in [4.78, 5) is 4.50. The van der Waals surface area contributed by atoms with Crippen LogP contribution in [0.3, 0.4) is 0 Å². The van der Waals surface area contributed by atoms with Crippen LogP contribution in [0.1, 0.15) is 39.0 Å². The lowest BCUT2D eigenvalue weighted by Crippen LogP contribution is -2.25. The monoisotopic (exact) mass is 447 g/mol. The molecule has 1 fully saturated rings. The van der Waals surface area contributed by atoms with Crippen LogP contribution in [0.15, 0.2) is 23.2 Å². The maximum atomic E-state index is 6.01. The number of benzene rings is 1. The molecule has 0 saturated heterocycles. The Kier molecular flexibility index (Phi) is 9.25. The van der Waals surface area contributed by atoms with Gasteiger partial charge in [0.1, 0.15) is 0 Å². The first-order valence-electron chi connectivity index (χ1n) is 8.45. The lowest BCUT2D eigenvalue weighted by atomic mass is 9.81. The fourth-order valence-corrected chi connectivity index (χ4v) is 3.15. The molecule has 0 heterocycles. The van der Waals surface area contributed by atoms with E-state index in [2.05, 4.69) is 17.2 Å². The molecule has 0 radical (unpaired) electrons. The molecule has 0 atom stereocenters. The summed E-state index contributed by atoms with van der Waals surface area (Å²) in [5, 5.41) is 3.12. The van der Waals surface area contributed by atoms with E-state index < -0.39 is 0 Å². The van der Waals surface area contributed by atoms with Gasteiger partial charge in [-0.2, -0.15) is 0 Å². The van der Waals surface area contributed by atoms with Crippen LogP contribution >= 0.6 is 24.0 Å². The highest BCUT2D eigenvalue weighted by atomic mass is 127. The van der Waals surface area contributed by atoms with Gasteiger partial charge >= 0.3 is 0 Å². The predicted octanol–water partition coefficient (Wildman–Crippen LogP) is 4.26. The molecule has 0 bridgehead atoms. The average Bonchev–Trinajstić information content (AvgIpc) is 2.60. The minimum atomic E-state index is 0. The molecule has 0 aliphatic heterocycles. The van der Waals surface area contributed by atoms with Gasteiger partial charge in [0.25, 0.3) is 0 Å². The first-order valence-corrected chi connectivity index (χ1v) is 8.45. The quantitative estimate of drug-likeness (QED) is 0.389. The standard InChI is InChI=1S/C18H29N3O2.HI/c1-4-13-5-7-14(8-6-13)12-20-18(19)21-15-9-10-16(22-2)17(11-15)23-3;/h9-11,13-14H,4-8,12H2,1-3H3,(H3,19,20,21);1H. The van der Waals surface area contributed by atoms with Crippen LogP contribution in [0.25, 0.3) is 0 Å². The Morgan fingerprint density at radius 2 is 1.75 bits per heavy atom. The fraction of sp³-hybridized carbons (Fsp3) is 0.611. The SMILES string of the molecule is CCC1CCC(CN=C(N)Nc2ccc(OC)c(OC)c2)CC1.I. The minimum Gasteiger partial charge on any atom is -0.493 e. The van der Waals surface area contributed by atoms with E-state index in [1.807, 2.05) is 18.2 Å². The highest BCUT2D eigenvalue weighted by Gasteiger charge is 2.19. The predicted molar refractivity (Wildman–Crippen MR) is 111 cm³/mol. The van der Waals surface area contributed by atoms with Gasteiger partial charge in [-0.15, -0.1) is 24.0 Å². The zero-order valence-corrected chi connectivity index (χ0v) is 17.2. The van der Waals surface area contributed by atoms with Crippen LogP contribution in [0, 0.1) is 11.8 Å². The number of nitrogens with zero attached hydrogens (tertiary/aromatic N) is 1. The second kappa shape index (κ2) is 10.6. The maximum Gasteiger partial charge on any atom is 0.193 e. The summed E-state index contributed by atoms with van der Waals surface area (Å²) in [5.74, 6) is 3.40. The van der Waals surface area contributed by atoms with Gasteiger partial charge in [0, 0.05) is 18.3 Å². The van der Waals surface area contributed by atoms with Crippen molar-refractivity contribution in [2.45, 2.75) is 39.0 Å². The van der Waals surface area contributed by atoms with Crippen molar-refractivity contribution in [3.8, 4) is 11.5 Å². The lowest BCUT2D eigenvalue weighted by Gasteiger charge is -2.26. The topological polar surface area (TPSA) is 68.9 Å². The number of hydrogen-bond donors (Lipinski definition) is 2. The van der Waals surface area contributed by atoms with E-state index in [0.717, 1.165) is 18.2 Å². The average molecular weight is 447 g/mol. The molecule has 1 aliphatic carbocycles. The van der Waals surface area contributed by atoms with Crippen LogP contribution in [-0.2, 0) is 0 Å². The van der Waals surface area contributed by atoms with Gasteiger partial charge in [-0.25, -0.2) is 0 Å². The molecule has 3 N–H and O–H groups in total. The summed E-state index contributed by atoms with van der Waals surface area (Å²) in [6, 6.07) is 5.60. The van der Waals surface area contributed by atoms with Crippen molar-refractivity contribution in [3.05, 3.63) is 18.2 Å². The number of hydrogen-bond acceptors (Lipinski definition) is 3. The number of nitrogens with one attached hydrogen (secondary N) is 1. The summed E-state index contributed by atoms with van der Waals surface area (Å²) in [6.07, 6.45) is 6.51. The molecule has 0 spiro atoms. The van der Waals surface area contributed by atoms with Gasteiger partial charge in [0.2, 0.25) is 0 Å². The number of nitrogens with two attached hydrogens (primary N) is 1. The molecule has 0 aromatic heterocycles. The van der Waals surface area contributed by atoms with E-state index in [1.165, 1.54) is 32.1 Å². The Morgan fingerprint density at radius 3 is 2.33 bits per heavy atom. The molecule has 1 aliphatic rings. The highest BCUT2D eigenvalue weighted by Crippen LogP contribution is 2.31. The van der Waals surface area contributed by atoms with Crippen LogP contribution in [0.5, 0.6) is 11.5 Å². The van der Waals surface area contributed by atoms with E-state index in [-0.39, 0.29) is 24.0 Å². The number of halogens is 1. The van der Waals surface area contributed by atoms with Crippen molar-refractivity contribution in [2.24, 2.45) is 22.6 Å². The molecule has 6 heteroatoms. The van der Waals surface area contributed by atoms with Crippen LogP contribution in [-0.4, -0.2) is 26.7 Å². The Hall–Kier alpha value is -1.18. The Morgan fingerprint density at radius 1 is 1.12 bits per heavy atom. The molecule has 0 amide bonds. The molecular formula is C18H30IN3O2.